The summed E-state index contributed by atoms with van der Waals surface area (Å²) < 4.78 is 0. The van der Waals surface area contributed by atoms with Crippen molar-refractivity contribution in [3.05, 3.63) is 95.3 Å². The van der Waals surface area contributed by atoms with E-state index in [-0.39, 0.29) is 23.7 Å². The zero-order chi connectivity index (χ0) is 25.1. The van der Waals surface area contributed by atoms with E-state index < -0.39 is 0 Å². The molecule has 8 heteroatoms. The fraction of sp³-hybridized carbons (Fsp3) is 0.286. The van der Waals surface area contributed by atoms with Gasteiger partial charge in [0, 0.05) is 64.0 Å². The van der Waals surface area contributed by atoms with Crippen LogP contribution >= 0.6 is 0 Å². The average molecular weight is 481 g/mol. The lowest BCUT2D eigenvalue weighted by atomic mass is 9.50. The van der Waals surface area contributed by atoms with Gasteiger partial charge in [-0.2, -0.15) is 9.97 Å². The molecule has 36 heavy (non-hydrogen) atoms. The molecular formula is C28H32N8. The van der Waals surface area contributed by atoms with Gasteiger partial charge in [0.15, 0.2) is 0 Å². The van der Waals surface area contributed by atoms with Crippen molar-refractivity contribution >= 4 is 23.5 Å². The molecular weight excluding hydrogens is 448 g/mol. The van der Waals surface area contributed by atoms with Crippen LogP contribution in [0.1, 0.15) is 46.2 Å². The molecule has 5 rings (SSSR count). The van der Waals surface area contributed by atoms with Crippen molar-refractivity contribution in [2.24, 2.45) is 0 Å². The highest BCUT2D eigenvalue weighted by molar-refractivity contribution is 5.52. The first-order valence-electron chi connectivity index (χ1n) is 12.3. The predicted octanol–water partition coefficient (Wildman–Crippen LogP) is 4.88. The van der Waals surface area contributed by atoms with Crippen LogP contribution in [0.3, 0.4) is 0 Å². The summed E-state index contributed by atoms with van der Waals surface area (Å²) >= 11 is 0. The summed E-state index contributed by atoms with van der Waals surface area (Å²) in [7, 11) is 7.48. The molecule has 0 amide bonds. The highest BCUT2D eigenvalue weighted by atomic mass is 15.1. The van der Waals surface area contributed by atoms with Crippen LogP contribution < -0.4 is 21.3 Å². The lowest BCUT2D eigenvalue weighted by Crippen LogP contribution is -2.41. The molecule has 1 saturated carbocycles. The summed E-state index contributed by atoms with van der Waals surface area (Å²) in [6, 6.07) is 25.6. The molecule has 4 aromatic rings. The number of benzene rings is 2. The Morgan fingerprint density at radius 3 is 1.19 bits per heavy atom. The maximum Gasteiger partial charge on any atom is 0.224 e. The fourth-order valence-corrected chi connectivity index (χ4v) is 5.42. The lowest BCUT2D eigenvalue weighted by molar-refractivity contribution is 0.220. The van der Waals surface area contributed by atoms with Crippen LogP contribution in [-0.2, 0) is 0 Å². The van der Waals surface area contributed by atoms with Crippen molar-refractivity contribution in [1.82, 2.24) is 19.9 Å². The van der Waals surface area contributed by atoms with Gasteiger partial charge in [0.05, 0.1) is 11.4 Å². The topological polar surface area (TPSA) is 99.7 Å². The molecule has 2 aromatic heterocycles. The second kappa shape index (κ2) is 10.2. The number of rotatable bonds is 8. The largest absolute Gasteiger partial charge is 0.373 e. The number of hydrogen-bond donors (Lipinski definition) is 4. The number of nitrogens with zero attached hydrogens (tertiary/aromatic N) is 4. The normalized spacial score (nSPS) is 20.8. The van der Waals surface area contributed by atoms with Crippen molar-refractivity contribution in [3.8, 4) is 0 Å². The van der Waals surface area contributed by atoms with Gasteiger partial charge in [-0.25, -0.2) is 9.97 Å². The Kier molecular flexibility index (Phi) is 6.66. The zero-order valence-electron chi connectivity index (χ0n) is 21.0. The lowest BCUT2D eigenvalue weighted by Gasteiger charge is -2.52. The van der Waals surface area contributed by atoms with Crippen LogP contribution in [0, 0.1) is 0 Å². The number of hydrogen-bond acceptors (Lipinski definition) is 8. The summed E-state index contributed by atoms with van der Waals surface area (Å²) in [4.78, 5) is 19.0. The molecule has 8 nitrogen and oxygen atoms in total. The number of anilines is 4. The molecule has 0 bridgehead atoms. The molecule has 0 unspecified atom stereocenters. The monoisotopic (exact) mass is 480 g/mol. The summed E-state index contributed by atoms with van der Waals surface area (Å²) in [5.74, 6) is 3.41. The van der Waals surface area contributed by atoms with Gasteiger partial charge in [0.2, 0.25) is 11.9 Å². The zero-order valence-corrected chi connectivity index (χ0v) is 21.0. The third-order valence-electron chi connectivity index (χ3n) is 7.05. The van der Waals surface area contributed by atoms with Crippen molar-refractivity contribution in [1.29, 1.82) is 0 Å². The molecule has 184 valence electrons. The van der Waals surface area contributed by atoms with Gasteiger partial charge < -0.3 is 21.3 Å². The van der Waals surface area contributed by atoms with Crippen LogP contribution in [0.2, 0.25) is 0 Å². The molecule has 0 saturated heterocycles. The van der Waals surface area contributed by atoms with Gasteiger partial charge in [-0.3, -0.25) is 0 Å². The molecule has 0 radical (unpaired) electrons. The van der Waals surface area contributed by atoms with Crippen LogP contribution in [0.5, 0.6) is 0 Å². The van der Waals surface area contributed by atoms with E-state index >= 15 is 0 Å². The van der Waals surface area contributed by atoms with Crippen molar-refractivity contribution < 1.29 is 0 Å². The number of aromatic nitrogens is 4. The first kappa shape index (κ1) is 23.5. The second-order valence-corrected chi connectivity index (χ2v) is 8.93. The van der Waals surface area contributed by atoms with Gasteiger partial charge in [0.25, 0.3) is 0 Å². The van der Waals surface area contributed by atoms with Gasteiger partial charge in [-0.15, -0.1) is 0 Å². The predicted molar refractivity (Wildman–Crippen MR) is 146 cm³/mol. The molecule has 4 N–H and O–H groups in total. The first-order chi connectivity index (χ1) is 17.7. The van der Waals surface area contributed by atoms with Crippen LogP contribution in [0.15, 0.2) is 72.8 Å². The quantitative estimate of drug-likeness (QED) is 0.283. The van der Waals surface area contributed by atoms with Crippen LogP contribution in [0.25, 0.3) is 0 Å². The average Bonchev–Trinajstić information content (AvgIpc) is 2.93. The van der Waals surface area contributed by atoms with Gasteiger partial charge in [0.1, 0.15) is 11.6 Å². The maximum absolute atomic E-state index is 4.95. The van der Waals surface area contributed by atoms with E-state index in [1.165, 1.54) is 11.1 Å². The van der Waals surface area contributed by atoms with E-state index in [4.69, 9.17) is 9.97 Å². The highest BCUT2D eigenvalue weighted by Crippen LogP contribution is 2.66. The van der Waals surface area contributed by atoms with Gasteiger partial charge >= 0.3 is 0 Å². The van der Waals surface area contributed by atoms with E-state index in [1.54, 1.807) is 0 Å². The SMILES string of the molecule is CNc1cc([C@H]2[C@H](c3ccccc3)[C@H](c3cc(NC)nc(NC)n3)[C@H]2c2ccccc2)nc(NC)n1. The molecule has 1 aliphatic rings. The molecule has 0 spiro atoms. The molecule has 1 fully saturated rings. The molecule has 2 heterocycles. The Bertz CT molecular complexity index is 1160. The smallest absolute Gasteiger partial charge is 0.224 e. The summed E-state index contributed by atoms with van der Waals surface area (Å²) in [5.41, 5.74) is 4.56. The third-order valence-corrected chi connectivity index (χ3v) is 7.05. The van der Waals surface area contributed by atoms with Gasteiger partial charge in [-0.05, 0) is 11.1 Å². The minimum absolute atomic E-state index is 0.132. The summed E-state index contributed by atoms with van der Waals surface area (Å²) in [6.07, 6.45) is 0. The molecule has 0 aliphatic heterocycles. The minimum atomic E-state index is 0.132. The third kappa shape index (κ3) is 4.30. The Morgan fingerprint density at radius 2 is 0.861 bits per heavy atom. The van der Waals surface area contributed by atoms with Crippen molar-refractivity contribution in [2.45, 2.75) is 23.7 Å². The Balaban J connectivity index is 1.72. The fourth-order valence-electron chi connectivity index (χ4n) is 5.42. The standard InChI is InChI=1S/C28H32N8/c1-29-21-15-19(33-27(31-3)35-21)25-23(17-11-7-5-8-12-17)26(24(25)18-13-9-6-10-14-18)20-16-22(30-2)36-28(32-4)34-20/h5-16,23-26H,1-4H3,(H2,29,31,33,35)(H2,30,32,34,36)/t23-,24-,25-,26-. The van der Waals surface area contributed by atoms with Crippen molar-refractivity contribution in [3.63, 3.8) is 0 Å². The highest BCUT2D eigenvalue weighted by Gasteiger charge is 2.54. The van der Waals surface area contributed by atoms with Crippen molar-refractivity contribution in [2.75, 3.05) is 49.5 Å². The molecule has 2 aromatic carbocycles. The van der Waals surface area contributed by atoms with E-state index in [9.17, 15) is 0 Å². The first-order valence-corrected chi connectivity index (χ1v) is 12.3. The van der Waals surface area contributed by atoms with E-state index in [0.717, 1.165) is 23.0 Å². The Hall–Kier alpha value is -4.20. The minimum Gasteiger partial charge on any atom is -0.373 e. The van der Waals surface area contributed by atoms with E-state index in [1.807, 2.05) is 28.2 Å². The summed E-state index contributed by atoms with van der Waals surface area (Å²) in [6.45, 7) is 0. The number of nitrogens with one attached hydrogen (secondary N) is 4. The van der Waals surface area contributed by atoms with E-state index in [2.05, 4.69) is 104 Å². The summed E-state index contributed by atoms with van der Waals surface area (Å²) in [5, 5.41) is 12.7. The van der Waals surface area contributed by atoms with Gasteiger partial charge in [-0.1, -0.05) is 60.7 Å². The second-order valence-electron chi connectivity index (χ2n) is 8.93. The van der Waals surface area contributed by atoms with Crippen LogP contribution in [0.4, 0.5) is 23.5 Å². The maximum atomic E-state index is 4.95. The van der Waals surface area contributed by atoms with Crippen LogP contribution in [-0.4, -0.2) is 48.1 Å². The Labute approximate surface area is 212 Å². The Morgan fingerprint density at radius 1 is 0.472 bits per heavy atom. The van der Waals surface area contributed by atoms with E-state index in [0.29, 0.717) is 11.9 Å². The molecule has 0 atom stereocenters. The molecule has 1 aliphatic carbocycles.